The fourth-order valence-corrected chi connectivity index (χ4v) is 2.65. The van der Waals surface area contributed by atoms with Gasteiger partial charge in [0.25, 0.3) is 5.91 Å². The van der Waals surface area contributed by atoms with Gasteiger partial charge in [-0.1, -0.05) is 0 Å². The molecule has 2 N–H and O–H groups in total. The van der Waals surface area contributed by atoms with E-state index in [1.54, 1.807) is 13.0 Å². The van der Waals surface area contributed by atoms with Crippen molar-refractivity contribution < 1.29 is 9.18 Å². The molecule has 1 saturated carbocycles. The summed E-state index contributed by atoms with van der Waals surface area (Å²) in [5.74, 6) is 0.836. The molecule has 1 amide bonds. The van der Waals surface area contributed by atoms with Gasteiger partial charge in [0.05, 0.1) is 0 Å². The first-order valence-corrected chi connectivity index (χ1v) is 5.94. The van der Waals surface area contributed by atoms with E-state index in [9.17, 15) is 9.18 Å². The maximum Gasteiger partial charge on any atom is 0.251 e. The first-order chi connectivity index (χ1) is 8.16. The zero-order valence-electron chi connectivity index (χ0n) is 10.1. The topological polar surface area (TPSA) is 41.1 Å². The fourth-order valence-electron chi connectivity index (χ4n) is 2.65. The molecule has 0 bridgehead atoms. The fraction of sp³-hybridized carbons (Fsp3) is 0.462. The summed E-state index contributed by atoms with van der Waals surface area (Å²) in [5, 5.41) is 6.30. The summed E-state index contributed by atoms with van der Waals surface area (Å²) in [6, 6.07) is 4.79. The van der Waals surface area contributed by atoms with Gasteiger partial charge in [0, 0.05) is 24.7 Å². The molecule has 0 spiro atoms. The number of hydrogen-bond acceptors (Lipinski definition) is 2. The Bertz CT molecular complexity index is 470. The number of aryl methyl sites for hydroxylation is 1. The predicted molar refractivity (Wildman–Crippen MR) is 69.5 cm³/mol. The SMILES string of the molecule is Cc1cc(C(=O)NC2C3CNCC32)ccc1F.Cl. The molecule has 1 aliphatic carbocycles. The smallest absolute Gasteiger partial charge is 0.251 e. The summed E-state index contributed by atoms with van der Waals surface area (Å²) in [4.78, 5) is 11.9. The summed E-state index contributed by atoms with van der Waals surface area (Å²) in [6.45, 7) is 3.66. The third-order valence-electron chi connectivity index (χ3n) is 3.81. The second kappa shape index (κ2) is 4.86. The van der Waals surface area contributed by atoms with E-state index in [1.165, 1.54) is 12.1 Å². The van der Waals surface area contributed by atoms with Gasteiger partial charge in [-0.15, -0.1) is 12.4 Å². The van der Waals surface area contributed by atoms with Crippen molar-refractivity contribution in [2.45, 2.75) is 13.0 Å². The number of fused-ring (bicyclic) bond motifs is 1. The molecule has 18 heavy (non-hydrogen) atoms. The molecule has 1 saturated heterocycles. The lowest BCUT2D eigenvalue weighted by atomic mass is 10.1. The number of rotatable bonds is 2. The van der Waals surface area contributed by atoms with Gasteiger partial charge in [-0.2, -0.15) is 0 Å². The number of hydrogen-bond donors (Lipinski definition) is 2. The van der Waals surface area contributed by atoms with E-state index in [4.69, 9.17) is 0 Å². The van der Waals surface area contributed by atoms with E-state index in [0.29, 0.717) is 29.0 Å². The van der Waals surface area contributed by atoms with Gasteiger partial charge in [-0.3, -0.25) is 4.79 Å². The number of amides is 1. The molecule has 1 heterocycles. The number of piperidine rings is 1. The van der Waals surface area contributed by atoms with Crippen molar-refractivity contribution in [2.75, 3.05) is 13.1 Å². The van der Waals surface area contributed by atoms with Gasteiger partial charge in [-0.25, -0.2) is 4.39 Å². The van der Waals surface area contributed by atoms with Gasteiger partial charge < -0.3 is 10.6 Å². The van der Waals surface area contributed by atoms with Crippen LogP contribution in [0, 0.1) is 24.6 Å². The average molecular weight is 271 g/mol. The van der Waals surface area contributed by atoms with Crippen molar-refractivity contribution in [3.8, 4) is 0 Å². The Morgan fingerprint density at radius 3 is 2.67 bits per heavy atom. The first kappa shape index (κ1) is 13.3. The highest BCUT2D eigenvalue weighted by atomic mass is 35.5. The summed E-state index contributed by atoms with van der Waals surface area (Å²) < 4.78 is 13.1. The zero-order chi connectivity index (χ0) is 12.0. The quantitative estimate of drug-likeness (QED) is 0.855. The second-order valence-corrected chi connectivity index (χ2v) is 4.95. The van der Waals surface area contributed by atoms with Crippen LogP contribution in [-0.4, -0.2) is 25.0 Å². The van der Waals surface area contributed by atoms with Crippen LogP contribution in [0.5, 0.6) is 0 Å². The monoisotopic (exact) mass is 270 g/mol. The minimum absolute atomic E-state index is 0. The lowest BCUT2D eigenvalue weighted by Crippen LogP contribution is -2.32. The lowest BCUT2D eigenvalue weighted by molar-refractivity contribution is 0.0946. The van der Waals surface area contributed by atoms with Crippen molar-refractivity contribution in [2.24, 2.45) is 11.8 Å². The molecule has 0 aromatic heterocycles. The summed E-state index contributed by atoms with van der Waals surface area (Å²) in [5.41, 5.74) is 1.05. The van der Waals surface area contributed by atoms with Crippen LogP contribution in [0.1, 0.15) is 15.9 Å². The minimum Gasteiger partial charge on any atom is -0.349 e. The molecule has 2 atom stereocenters. The molecule has 3 nitrogen and oxygen atoms in total. The largest absolute Gasteiger partial charge is 0.349 e. The minimum atomic E-state index is -0.269. The number of carbonyl (C=O) groups is 1. The average Bonchev–Trinajstić information content (AvgIpc) is 2.76. The highest BCUT2D eigenvalue weighted by Gasteiger charge is 2.53. The lowest BCUT2D eigenvalue weighted by Gasteiger charge is -2.08. The molecule has 1 aromatic carbocycles. The molecule has 1 aliphatic heterocycles. The van der Waals surface area contributed by atoms with E-state index >= 15 is 0 Å². The molecule has 98 valence electrons. The van der Waals surface area contributed by atoms with E-state index in [-0.39, 0.29) is 24.1 Å². The van der Waals surface area contributed by atoms with Crippen molar-refractivity contribution in [1.29, 1.82) is 0 Å². The van der Waals surface area contributed by atoms with Gasteiger partial charge in [0.15, 0.2) is 0 Å². The van der Waals surface area contributed by atoms with Crippen LogP contribution >= 0.6 is 12.4 Å². The van der Waals surface area contributed by atoms with Crippen molar-refractivity contribution in [1.82, 2.24) is 10.6 Å². The molecule has 5 heteroatoms. The van der Waals surface area contributed by atoms with Crippen LogP contribution in [0.3, 0.4) is 0 Å². The third kappa shape index (κ3) is 2.22. The van der Waals surface area contributed by atoms with E-state index < -0.39 is 0 Å². The Morgan fingerprint density at radius 1 is 1.39 bits per heavy atom. The van der Waals surface area contributed by atoms with E-state index in [0.717, 1.165) is 13.1 Å². The van der Waals surface area contributed by atoms with Crippen molar-refractivity contribution >= 4 is 18.3 Å². The van der Waals surface area contributed by atoms with Crippen LogP contribution in [-0.2, 0) is 0 Å². The van der Waals surface area contributed by atoms with Gasteiger partial charge in [-0.05, 0) is 42.5 Å². The number of nitrogens with one attached hydrogen (secondary N) is 2. The summed E-state index contributed by atoms with van der Waals surface area (Å²) in [7, 11) is 0. The van der Waals surface area contributed by atoms with Crippen LogP contribution in [0.2, 0.25) is 0 Å². The number of benzene rings is 1. The third-order valence-corrected chi connectivity index (χ3v) is 3.81. The molecule has 2 aliphatic rings. The summed E-state index contributed by atoms with van der Waals surface area (Å²) in [6.07, 6.45) is 0. The Hall–Kier alpha value is -1.13. The molecule has 2 fully saturated rings. The molecular formula is C13H16ClFN2O. The normalized spacial score (nSPS) is 28.2. The Balaban J connectivity index is 0.00000120. The maximum atomic E-state index is 13.1. The molecule has 0 radical (unpaired) electrons. The van der Waals surface area contributed by atoms with Crippen LogP contribution in [0.15, 0.2) is 18.2 Å². The van der Waals surface area contributed by atoms with E-state index in [2.05, 4.69) is 10.6 Å². The predicted octanol–water partition coefficient (Wildman–Crippen LogP) is 1.50. The molecule has 1 aromatic rings. The maximum absolute atomic E-state index is 13.1. The van der Waals surface area contributed by atoms with Gasteiger partial charge in [0.2, 0.25) is 0 Å². The summed E-state index contributed by atoms with van der Waals surface area (Å²) >= 11 is 0. The van der Waals surface area contributed by atoms with Crippen LogP contribution in [0.4, 0.5) is 4.39 Å². The Morgan fingerprint density at radius 2 is 2.06 bits per heavy atom. The Labute approximate surface area is 112 Å². The second-order valence-electron chi connectivity index (χ2n) is 4.95. The van der Waals surface area contributed by atoms with Crippen molar-refractivity contribution in [3.63, 3.8) is 0 Å². The number of halogens is 2. The molecule has 2 unspecified atom stereocenters. The van der Waals surface area contributed by atoms with Crippen LogP contribution < -0.4 is 10.6 Å². The highest BCUT2D eigenvalue weighted by Crippen LogP contribution is 2.41. The molecular weight excluding hydrogens is 255 g/mol. The highest BCUT2D eigenvalue weighted by molar-refractivity contribution is 5.94. The van der Waals surface area contributed by atoms with Gasteiger partial charge >= 0.3 is 0 Å². The van der Waals surface area contributed by atoms with Crippen molar-refractivity contribution in [3.05, 3.63) is 35.1 Å². The first-order valence-electron chi connectivity index (χ1n) is 5.94. The number of carbonyl (C=O) groups excluding carboxylic acids is 1. The zero-order valence-corrected chi connectivity index (χ0v) is 10.9. The van der Waals surface area contributed by atoms with Gasteiger partial charge in [0.1, 0.15) is 5.82 Å². The Kier molecular flexibility index (Phi) is 3.59. The van der Waals surface area contributed by atoms with Crippen LogP contribution in [0.25, 0.3) is 0 Å². The standard InChI is InChI=1S/C13H15FN2O.ClH/c1-7-4-8(2-3-11(7)14)13(17)16-12-9-5-15-6-10(9)12;/h2-4,9-10,12,15H,5-6H2,1H3,(H,16,17);1H. The van der Waals surface area contributed by atoms with E-state index in [1.807, 2.05) is 0 Å². The molecule has 3 rings (SSSR count).